The summed E-state index contributed by atoms with van der Waals surface area (Å²) < 4.78 is 0.754. The van der Waals surface area contributed by atoms with Crippen molar-refractivity contribution in [3.05, 3.63) is 27.5 Å². The smallest absolute Gasteiger partial charge is 0.135 e. The van der Waals surface area contributed by atoms with Crippen molar-refractivity contribution < 1.29 is 0 Å². The van der Waals surface area contributed by atoms with E-state index in [2.05, 4.69) is 20.9 Å². The summed E-state index contributed by atoms with van der Waals surface area (Å²) in [5.41, 5.74) is 6.98. The molecule has 1 aromatic rings. The highest BCUT2D eigenvalue weighted by Crippen LogP contribution is 2.41. The lowest BCUT2D eigenvalue weighted by Gasteiger charge is -2.11. The van der Waals surface area contributed by atoms with Gasteiger partial charge in [0.2, 0.25) is 0 Å². The average molecular weight is 262 g/mol. The number of hydrogen-bond acceptors (Lipinski definition) is 2. The van der Waals surface area contributed by atoms with E-state index in [9.17, 15) is 0 Å². The summed E-state index contributed by atoms with van der Waals surface area (Å²) in [6.45, 7) is 0. The highest BCUT2D eigenvalue weighted by molar-refractivity contribution is 9.10. The van der Waals surface area contributed by atoms with Gasteiger partial charge in [0.1, 0.15) is 9.76 Å². The standard InChI is InChI=1S/C9H10BrClN2/c10-7-4-3-6(9(11)13-7)8(12)5-1-2-5/h3-5,8H,1-2,12H2. The minimum atomic E-state index is 0.0631. The van der Waals surface area contributed by atoms with Crippen LogP contribution in [0.1, 0.15) is 24.4 Å². The molecule has 0 bridgehead atoms. The number of nitrogens with zero attached hydrogens (tertiary/aromatic N) is 1. The molecule has 4 heteroatoms. The molecule has 13 heavy (non-hydrogen) atoms. The maximum absolute atomic E-state index is 6.01. The number of rotatable bonds is 2. The number of nitrogens with two attached hydrogens (primary N) is 1. The van der Waals surface area contributed by atoms with Crippen LogP contribution in [0.15, 0.2) is 16.7 Å². The zero-order valence-corrected chi connectivity index (χ0v) is 9.35. The highest BCUT2D eigenvalue weighted by atomic mass is 79.9. The number of halogens is 2. The molecular formula is C9H10BrClN2. The normalized spacial score (nSPS) is 18.7. The Morgan fingerprint density at radius 3 is 2.77 bits per heavy atom. The van der Waals surface area contributed by atoms with Gasteiger partial charge in [0.25, 0.3) is 0 Å². The molecule has 0 saturated heterocycles. The first-order chi connectivity index (χ1) is 6.18. The maximum atomic E-state index is 6.01. The van der Waals surface area contributed by atoms with Crippen LogP contribution in [-0.4, -0.2) is 4.98 Å². The molecule has 0 spiro atoms. The second-order valence-corrected chi connectivity index (χ2v) is 4.55. The quantitative estimate of drug-likeness (QED) is 0.832. The van der Waals surface area contributed by atoms with E-state index >= 15 is 0 Å². The van der Waals surface area contributed by atoms with Crippen molar-refractivity contribution in [3.8, 4) is 0 Å². The lowest BCUT2D eigenvalue weighted by atomic mass is 10.1. The van der Waals surface area contributed by atoms with Crippen LogP contribution in [0.5, 0.6) is 0 Å². The van der Waals surface area contributed by atoms with Gasteiger partial charge in [-0.15, -0.1) is 0 Å². The topological polar surface area (TPSA) is 38.9 Å². The third-order valence-electron chi connectivity index (χ3n) is 2.33. The van der Waals surface area contributed by atoms with Gasteiger partial charge in [-0.2, -0.15) is 0 Å². The molecule has 1 unspecified atom stereocenters. The average Bonchev–Trinajstić information content (AvgIpc) is 2.85. The molecule has 0 amide bonds. The summed E-state index contributed by atoms with van der Waals surface area (Å²) in [6, 6.07) is 3.89. The van der Waals surface area contributed by atoms with Crippen LogP contribution in [0.4, 0.5) is 0 Å². The summed E-state index contributed by atoms with van der Waals surface area (Å²) in [6.07, 6.45) is 2.43. The lowest BCUT2D eigenvalue weighted by Crippen LogP contribution is -2.13. The summed E-state index contributed by atoms with van der Waals surface area (Å²) in [7, 11) is 0. The number of hydrogen-bond donors (Lipinski definition) is 1. The van der Waals surface area contributed by atoms with Gasteiger partial charge in [-0.1, -0.05) is 17.7 Å². The van der Waals surface area contributed by atoms with Gasteiger partial charge in [0.15, 0.2) is 0 Å². The van der Waals surface area contributed by atoms with E-state index < -0.39 is 0 Å². The van der Waals surface area contributed by atoms with Gasteiger partial charge >= 0.3 is 0 Å². The molecule has 1 atom stereocenters. The van der Waals surface area contributed by atoms with Gasteiger partial charge in [-0.25, -0.2) is 4.98 Å². The Labute approximate surface area is 90.6 Å². The Kier molecular flexibility index (Phi) is 2.58. The predicted octanol–water partition coefficient (Wildman–Crippen LogP) is 2.91. The second kappa shape index (κ2) is 3.56. The van der Waals surface area contributed by atoms with Crippen molar-refractivity contribution in [1.82, 2.24) is 4.98 Å². The zero-order chi connectivity index (χ0) is 9.42. The zero-order valence-electron chi connectivity index (χ0n) is 7.00. The molecule has 1 aromatic heterocycles. The van der Waals surface area contributed by atoms with E-state index in [1.807, 2.05) is 12.1 Å². The van der Waals surface area contributed by atoms with E-state index in [4.69, 9.17) is 17.3 Å². The molecule has 2 rings (SSSR count). The van der Waals surface area contributed by atoms with Crippen LogP contribution in [0.3, 0.4) is 0 Å². The molecule has 1 saturated carbocycles. The van der Waals surface area contributed by atoms with Crippen LogP contribution < -0.4 is 5.73 Å². The number of aromatic nitrogens is 1. The predicted molar refractivity (Wildman–Crippen MR) is 56.6 cm³/mol. The fourth-order valence-electron chi connectivity index (χ4n) is 1.38. The largest absolute Gasteiger partial charge is 0.324 e. The van der Waals surface area contributed by atoms with E-state index in [1.54, 1.807) is 0 Å². The van der Waals surface area contributed by atoms with Crippen LogP contribution in [-0.2, 0) is 0 Å². The van der Waals surface area contributed by atoms with Crippen molar-refractivity contribution in [3.63, 3.8) is 0 Å². The third kappa shape index (κ3) is 2.03. The minimum Gasteiger partial charge on any atom is -0.324 e. The fourth-order valence-corrected chi connectivity index (χ4v) is 2.07. The fraction of sp³-hybridized carbons (Fsp3) is 0.444. The molecule has 1 aliphatic rings. The van der Waals surface area contributed by atoms with Crippen molar-refractivity contribution in [2.24, 2.45) is 11.7 Å². The van der Waals surface area contributed by atoms with Gasteiger partial charge in [0, 0.05) is 11.6 Å². The molecular weight excluding hydrogens is 251 g/mol. The van der Waals surface area contributed by atoms with Crippen molar-refractivity contribution in [2.45, 2.75) is 18.9 Å². The summed E-state index contributed by atoms with van der Waals surface area (Å²) in [4.78, 5) is 4.11. The SMILES string of the molecule is NC(c1ccc(Br)nc1Cl)C1CC1. The van der Waals surface area contributed by atoms with E-state index in [-0.39, 0.29) is 6.04 Å². The van der Waals surface area contributed by atoms with Gasteiger partial charge in [-0.05, 0) is 40.8 Å². The summed E-state index contributed by atoms with van der Waals surface area (Å²) in [5, 5.41) is 0.522. The Hall–Kier alpha value is -0.120. The second-order valence-electron chi connectivity index (χ2n) is 3.38. The van der Waals surface area contributed by atoms with Crippen molar-refractivity contribution >= 4 is 27.5 Å². The molecule has 0 aliphatic heterocycles. The molecule has 0 aromatic carbocycles. The van der Waals surface area contributed by atoms with Crippen LogP contribution >= 0.6 is 27.5 Å². The highest BCUT2D eigenvalue weighted by Gasteiger charge is 2.30. The first-order valence-electron chi connectivity index (χ1n) is 4.26. The number of pyridine rings is 1. The molecule has 2 N–H and O–H groups in total. The molecule has 1 fully saturated rings. The van der Waals surface area contributed by atoms with Gasteiger partial charge in [-0.3, -0.25) is 0 Å². The summed E-state index contributed by atoms with van der Waals surface area (Å²) >= 11 is 9.24. The van der Waals surface area contributed by atoms with Crippen LogP contribution in [0, 0.1) is 5.92 Å². The monoisotopic (exact) mass is 260 g/mol. The lowest BCUT2D eigenvalue weighted by molar-refractivity contribution is 0.631. The third-order valence-corrected chi connectivity index (χ3v) is 3.08. The summed E-state index contributed by atoms with van der Waals surface area (Å²) in [5.74, 6) is 0.612. The van der Waals surface area contributed by atoms with E-state index in [1.165, 1.54) is 12.8 Å². The minimum absolute atomic E-state index is 0.0631. The molecule has 70 valence electrons. The molecule has 2 nitrogen and oxygen atoms in total. The molecule has 0 radical (unpaired) electrons. The molecule has 1 heterocycles. The molecule has 1 aliphatic carbocycles. The van der Waals surface area contributed by atoms with Gasteiger partial charge in [0.05, 0.1) is 0 Å². The Morgan fingerprint density at radius 1 is 1.54 bits per heavy atom. The Morgan fingerprint density at radius 2 is 2.23 bits per heavy atom. The van der Waals surface area contributed by atoms with Crippen LogP contribution in [0.2, 0.25) is 5.15 Å². The Balaban J connectivity index is 2.28. The van der Waals surface area contributed by atoms with E-state index in [0.717, 1.165) is 10.2 Å². The van der Waals surface area contributed by atoms with E-state index in [0.29, 0.717) is 11.1 Å². The van der Waals surface area contributed by atoms with Crippen molar-refractivity contribution in [2.75, 3.05) is 0 Å². The first-order valence-corrected chi connectivity index (χ1v) is 5.43. The maximum Gasteiger partial charge on any atom is 0.135 e. The van der Waals surface area contributed by atoms with Gasteiger partial charge < -0.3 is 5.73 Å². The van der Waals surface area contributed by atoms with Crippen molar-refractivity contribution in [1.29, 1.82) is 0 Å². The van der Waals surface area contributed by atoms with Crippen LogP contribution in [0.25, 0.3) is 0 Å². The Bertz CT molecular complexity index is 325. The first kappa shape index (κ1) is 9.44.